The Bertz CT molecular complexity index is 640. The summed E-state index contributed by atoms with van der Waals surface area (Å²) in [6.07, 6.45) is 1.74. The molecule has 0 aromatic heterocycles. The fourth-order valence-electron chi connectivity index (χ4n) is 2.35. The fourth-order valence-corrected chi connectivity index (χ4v) is 2.35. The SMILES string of the molecule is CC(CCc1ccccc1F)C(=O)Nc1ccc(CCO)cc1. The van der Waals surface area contributed by atoms with Crippen LogP contribution in [0.15, 0.2) is 48.5 Å². The molecule has 2 rings (SSSR count). The van der Waals surface area contributed by atoms with E-state index in [0.717, 1.165) is 11.3 Å². The number of nitrogens with one attached hydrogen (secondary N) is 1. The van der Waals surface area contributed by atoms with Gasteiger partial charge in [-0.05, 0) is 48.6 Å². The normalized spacial score (nSPS) is 12.0. The van der Waals surface area contributed by atoms with Crippen molar-refractivity contribution in [1.29, 1.82) is 0 Å². The molecule has 0 heterocycles. The molecule has 0 aliphatic rings. The van der Waals surface area contributed by atoms with Gasteiger partial charge in [0.1, 0.15) is 5.82 Å². The molecule has 1 unspecified atom stereocenters. The summed E-state index contributed by atoms with van der Waals surface area (Å²) in [5.41, 5.74) is 2.40. The van der Waals surface area contributed by atoms with Gasteiger partial charge in [0, 0.05) is 18.2 Å². The Labute approximate surface area is 136 Å². The maximum atomic E-state index is 13.6. The van der Waals surface area contributed by atoms with Crippen molar-refractivity contribution in [3.8, 4) is 0 Å². The topological polar surface area (TPSA) is 49.3 Å². The molecule has 0 saturated carbocycles. The number of halogens is 1. The smallest absolute Gasteiger partial charge is 0.227 e. The van der Waals surface area contributed by atoms with Gasteiger partial charge in [-0.1, -0.05) is 37.3 Å². The first-order chi connectivity index (χ1) is 11.1. The monoisotopic (exact) mass is 315 g/mol. The zero-order chi connectivity index (χ0) is 16.7. The van der Waals surface area contributed by atoms with Crippen LogP contribution in [-0.2, 0) is 17.6 Å². The molecular weight excluding hydrogens is 293 g/mol. The van der Waals surface area contributed by atoms with Crippen molar-refractivity contribution in [1.82, 2.24) is 0 Å². The Hall–Kier alpha value is -2.20. The summed E-state index contributed by atoms with van der Waals surface area (Å²) >= 11 is 0. The van der Waals surface area contributed by atoms with E-state index in [0.29, 0.717) is 24.8 Å². The van der Waals surface area contributed by atoms with Gasteiger partial charge in [-0.25, -0.2) is 4.39 Å². The van der Waals surface area contributed by atoms with E-state index in [1.54, 1.807) is 18.2 Å². The molecule has 2 aromatic rings. The molecule has 0 saturated heterocycles. The number of benzene rings is 2. The van der Waals surface area contributed by atoms with Crippen LogP contribution in [0.1, 0.15) is 24.5 Å². The molecule has 4 heteroatoms. The summed E-state index contributed by atoms with van der Waals surface area (Å²) < 4.78 is 13.6. The second-order valence-electron chi connectivity index (χ2n) is 5.69. The van der Waals surface area contributed by atoms with Gasteiger partial charge in [0.05, 0.1) is 0 Å². The quantitative estimate of drug-likeness (QED) is 0.820. The highest BCUT2D eigenvalue weighted by molar-refractivity contribution is 5.92. The third kappa shape index (κ3) is 5.18. The lowest BCUT2D eigenvalue weighted by Gasteiger charge is -2.13. The van der Waals surface area contributed by atoms with Crippen molar-refractivity contribution in [3.05, 3.63) is 65.5 Å². The maximum Gasteiger partial charge on any atom is 0.227 e. The fraction of sp³-hybridized carbons (Fsp3) is 0.316. The Morgan fingerprint density at radius 2 is 1.83 bits per heavy atom. The lowest BCUT2D eigenvalue weighted by Crippen LogP contribution is -2.21. The van der Waals surface area contributed by atoms with Crippen LogP contribution in [0.3, 0.4) is 0 Å². The van der Waals surface area contributed by atoms with Gasteiger partial charge in [0.2, 0.25) is 5.91 Å². The number of hydrogen-bond acceptors (Lipinski definition) is 2. The molecule has 3 nitrogen and oxygen atoms in total. The van der Waals surface area contributed by atoms with E-state index in [-0.39, 0.29) is 24.2 Å². The number of aryl methyl sites for hydroxylation is 1. The first kappa shape index (κ1) is 17.2. The van der Waals surface area contributed by atoms with Crippen LogP contribution >= 0.6 is 0 Å². The molecule has 23 heavy (non-hydrogen) atoms. The third-order valence-corrected chi connectivity index (χ3v) is 3.87. The number of hydrogen-bond donors (Lipinski definition) is 2. The van der Waals surface area contributed by atoms with Gasteiger partial charge in [-0.3, -0.25) is 4.79 Å². The number of amides is 1. The van der Waals surface area contributed by atoms with Crippen molar-refractivity contribution in [2.75, 3.05) is 11.9 Å². The number of anilines is 1. The predicted octanol–water partition coefficient (Wildman–Crippen LogP) is 3.57. The Morgan fingerprint density at radius 3 is 2.48 bits per heavy atom. The average Bonchev–Trinajstić information content (AvgIpc) is 2.56. The zero-order valence-corrected chi connectivity index (χ0v) is 13.3. The highest BCUT2D eigenvalue weighted by atomic mass is 19.1. The van der Waals surface area contributed by atoms with Crippen LogP contribution in [0, 0.1) is 11.7 Å². The molecule has 0 radical (unpaired) electrons. The summed E-state index contributed by atoms with van der Waals surface area (Å²) in [5, 5.41) is 11.7. The minimum Gasteiger partial charge on any atom is -0.396 e. The van der Waals surface area contributed by atoms with Crippen molar-refractivity contribution in [2.45, 2.75) is 26.2 Å². The van der Waals surface area contributed by atoms with E-state index in [9.17, 15) is 9.18 Å². The van der Waals surface area contributed by atoms with Gasteiger partial charge in [-0.15, -0.1) is 0 Å². The Morgan fingerprint density at radius 1 is 1.13 bits per heavy atom. The standard InChI is InChI=1S/C19H22FNO2/c1-14(6-9-16-4-2-3-5-18(16)20)19(23)21-17-10-7-15(8-11-17)12-13-22/h2-5,7-8,10-11,14,22H,6,9,12-13H2,1H3,(H,21,23). The van der Waals surface area contributed by atoms with E-state index in [1.807, 2.05) is 31.2 Å². The molecule has 2 N–H and O–H groups in total. The Kier molecular flexibility index (Phi) is 6.29. The Balaban J connectivity index is 1.86. The number of aliphatic hydroxyl groups excluding tert-OH is 1. The van der Waals surface area contributed by atoms with Crippen molar-refractivity contribution < 1.29 is 14.3 Å². The lowest BCUT2D eigenvalue weighted by atomic mass is 10.00. The molecule has 1 atom stereocenters. The van der Waals surface area contributed by atoms with Crippen LogP contribution in [0.2, 0.25) is 0 Å². The first-order valence-corrected chi connectivity index (χ1v) is 7.84. The van der Waals surface area contributed by atoms with Crippen molar-refractivity contribution >= 4 is 11.6 Å². The van der Waals surface area contributed by atoms with Crippen LogP contribution < -0.4 is 5.32 Å². The summed E-state index contributed by atoms with van der Waals surface area (Å²) in [7, 11) is 0. The summed E-state index contributed by atoms with van der Waals surface area (Å²) in [4.78, 5) is 12.2. The largest absolute Gasteiger partial charge is 0.396 e. The molecule has 1 amide bonds. The van der Waals surface area contributed by atoms with E-state index in [2.05, 4.69) is 5.32 Å². The van der Waals surface area contributed by atoms with Crippen LogP contribution in [-0.4, -0.2) is 17.6 Å². The van der Waals surface area contributed by atoms with Gasteiger partial charge in [0.25, 0.3) is 0 Å². The van der Waals surface area contributed by atoms with E-state index >= 15 is 0 Å². The maximum absolute atomic E-state index is 13.6. The highest BCUT2D eigenvalue weighted by Crippen LogP contribution is 2.16. The molecule has 0 aliphatic carbocycles. The zero-order valence-electron chi connectivity index (χ0n) is 13.3. The third-order valence-electron chi connectivity index (χ3n) is 3.87. The summed E-state index contributed by atoms with van der Waals surface area (Å²) in [5.74, 6) is -0.498. The van der Waals surface area contributed by atoms with Gasteiger partial charge in [0.15, 0.2) is 0 Å². The van der Waals surface area contributed by atoms with E-state index in [1.165, 1.54) is 6.07 Å². The average molecular weight is 315 g/mol. The highest BCUT2D eigenvalue weighted by Gasteiger charge is 2.14. The first-order valence-electron chi connectivity index (χ1n) is 7.84. The molecule has 2 aromatic carbocycles. The minimum absolute atomic E-state index is 0.0729. The number of carbonyl (C=O) groups excluding carboxylic acids is 1. The predicted molar refractivity (Wildman–Crippen MR) is 89.7 cm³/mol. The second kappa shape index (κ2) is 8.44. The molecule has 0 bridgehead atoms. The molecule has 0 aliphatic heterocycles. The van der Waals surface area contributed by atoms with Crippen LogP contribution in [0.25, 0.3) is 0 Å². The molecule has 122 valence electrons. The summed E-state index contributed by atoms with van der Waals surface area (Å²) in [6.45, 7) is 1.95. The molecule has 0 spiro atoms. The number of aliphatic hydroxyl groups is 1. The number of rotatable bonds is 7. The molecular formula is C19H22FNO2. The second-order valence-corrected chi connectivity index (χ2v) is 5.69. The summed E-state index contributed by atoms with van der Waals surface area (Å²) in [6, 6.07) is 14.1. The van der Waals surface area contributed by atoms with Crippen molar-refractivity contribution in [3.63, 3.8) is 0 Å². The lowest BCUT2D eigenvalue weighted by molar-refractivity contribution is -0.119. The molecule has 0 fully saturated rings. The van der Waals surface area contributed by atoms with Crippen molar-refractivity contribution in [2.24, 2.45) is 5.92 Å². The van der Waals surface area contributed by atoms with Gasteiger partial charge in [-0.2, -0.15) is 0 Å². The van der Waals surface area contributed by atoms with Gasteiger partial charge >= 0.3 is 0 Å². The minimum atomic E-state index is -0.223. The van der Waals surface area contributed by atoms with E-state index in [4.69, 9.17) is 5.11 Å². The van der Waals surface area contributed by atoms with Gasteiger partial charge < -0.3 is 10.4 Å². The van der Waals surface area contributed by atoms with E-state index < -0.39 is 0 Å². The van der Waals surface area contributed by atoms with Crippen LogP contribution in [0.4, 0.5) is 10.1 Å². The van der Waals surface area contributed by atoms with Crippen LogP contribution in [0.5, 0.6) is 0 Å². The number of carbonyl (C=O) groups is 1.